The molecule has 5 N–H and O–H groups in total. The van der Waals surface area contributed by atoms with Crippen molar-refractivity contribution < 1.29 is 24.0 Å². The van der Waals surface area contributed by atoms with Crippen molar-refractivity contribution in [2.75, 3.05) is 16.8 Å². The average Bonchev–Trinajstić information content (AvgIpc) is 3.09. The molecule has 0 radical (unpaired) electrons. The fourth-order valence-electron chi connectivity index (χ4n) is 5.86. The lowest BCUT2D eigenvalue weighted by atomic mass is 9.81. The number of fused-ring (bicyclic) bond motifs is 4. The molecule has 0 saturated carbocycles. The molecule has 5 aromatic carbocycles. The highest BCUT2D eigenvalue weighted by molar-refractivity contribution is 6.33. The minimum absolute atomic E-state index is 0.0133. The van der Waals surface area contributed by atoms with Crippen LogP contribution in [-0.2, 0) is 0 Å². The van der Waals surface area contributed by atoms with Gasteiger partial charge in [0.1, 0.15) is 0 Å². The number of carbonyl (C=O) groups excluding carboxylic acids is 5. The van der Waals surface area contributed by atoms with Crippen molar-refractivity contribution in [3.63, 3.8) is 0 Å². The summed E-state index contributed by atoms with van der Waals surface area (Å²) in [6.07, 6.45) is 2.60. The van der Waals surface area contributed by atoms with Gasteiger partial charge in [-0.3, -0.25) is 24.0 Å². The highest BCUT2D eigenvalue weighted by atomic mass is 16.2. The fraction of sp³-hybridized carbons (Fsp3) is 0. The summed E-state index contributed by atoms with van der Waals surface area (Å²) in [5, 5.41) is 10.9. The maximum atomic E-state index is 13.6. The van der Waals surface area contributed by atoms with E-state index in [0.717, 1.165) is 0 Å². The summed E-state index contributed by atoms with van der Waals surface area (Å²) in [6.45, 7) is 0. The van der Waals surface area contributed by atoms with Gasteiger partial charge in [0.25, 0.3) is 5.91 Å². The third-order valence-electron chi connectivity index (χ3n) is 8.18. The van der Waals surface area contributed by atoms with Gasteiger partial charge in [-0.15, -0.1) is 0 Å². The zero-order valence-electron chi connectivity index (χ0n) is 24.5. The van der Waals surface area contributed by atoms with E-state index in [9.17, 15) is 24.0 Å². The van der Waals surface area contributed by atoms with E-state index in [1.807, 2.05) is 0 Å². The van der Waals surface area contributed by atoms with Gasteiger partial charge in [0.05, 0.1) is 46.2 Å². The van der Waals surface area contributed by atoms with Crippen molar-refractivity contribution in [2.24, 2.45) is 10.2 Å². The van der Waals surface area contributed by atoms with E-state index < -0.39 is 17.5 Å². The number of nitrogens with one attached hydrogen (secondary N) is 1. The molecule has 2 aliphatic rings. The second kappa shape index (κ2) is 11.3. The first kappa shape index (κ1) is 28.9. The van der Waals surface area contributed by atoms with Crippen LogP contribution in [0.5, 0.6) is 0 Å². The molecule has 0 saturated heterocycles. The SMILES string of the molecule is Nc1c(C=NN=Cc2cc(NC(=O)c3ccccc3)c3c(c2N)C(=O)c2ccccc2C3=O)ccc2c1C(=O)c1ccccc1C2=O. The summed E-state index contributed by atoms with van der Waals surface area (Å²) in [7, 11) is 0. The Morgan fingerprint density at radius 3 is 1.64 bits per heavy atom. The molecule has 2 aliphatic carbocycles. The predicted molar refractivity (Wildman–Crippen MR) is 178 cm³/mol. The molecule has 1 amide bonds. The number of nitrogen functional groups attached to an aromatic ring is 2. The van der Waals surface area contributed by atoms with Crippen LogP contribution in [0.15, 0.2) is 107 Å². The highest BCUT2D eigenvalue weighted by Gasteiger charge is 2.35. The van der Waals surface area contributed by atoms with Crippen molar-refractivity contribution in [1.29, 1.82) is 0 Å². The maximum Gasteiger partial charge on any atom is 0.255 e. The zero-order valence-corrected chi connectivity index (χ0v) is 24.5. The molecule has 0 fully saturated rings. The number of anilines is 3. The van der Waals surface area contributed by atoms with Crippen LogP contribution in [0.1, 0.15) is 85.2 Å². The Bertz CT molecular complexity index is 2290. The summed E-state index contributed by atoms with van der Waals surface area (Å²) < 4.78 is 0. The molecule has 7 rings (SSSR count). The average molecular weight is 618 g/mol. The summed E-state index contributed by atoms with van der Waals surface area (Å²) >= 11 is 0. The molecule has 0 atom stereocenters. The van der Waals surface area contributed by atoms with Gasteiger partial charge in [-0.1, -0.05) is 72.8 Å². The monoisotopic (exact) mass is 617 g/mol. The van der Waals surface area contributed by atoms with Gasteiger partial charge in [0, 0.05) is 44.5 Å². The summed E-state index contributed by atoms with van der Waals surface area (Å²) in [5.41, 5.74) is 15.1. The topological polar surface area (TPSA) is 174 Å². The first-order valence-corrected chi connectivity index (χ1v) is 14.4. The smallest absolute Gasteiger partial charge is 0.255 e. The molecule has 10 nitrogen and oxygen atoms in total. The van der Waals surface area contributed by atoms with Crippen LogP contribution in [0.2, 0.25) is 0 Å². The van der Waals surface area contributed by atoms with Gasteiger partial charge in [0.15, 0.2) is 23.1 Å². The van der Waals surface area contributed by atoms with E-state index in [-0.39, 0.29) is 73.1 Å². The predicted octanol–water partition coefficient (Wildman–Crippen LogP) is 5.11. The molecular formula is C37H23N5O5. The molecule has 0 heterocycles. The highest BCUT2D eigenvalue weighted by Crippen LogP contribution is 2.37. The molecule has 226 valence electrons. The maximum absolute atomic E-state index is 13.6. The zero-order chi connectivity index (χ0) is 32.8. The lowest BCUT2D eigenvalue weighted by Crippen LogP contribution is -2.26. The van der Waals surface area contributed by atoms with E-state index in [0.29, 0.717) is 16.7 Å². The van der Waals surface area contributed by atoms with E-state index >= 15 is 0 Å². The lowest BCUT2D eigenvalue weighted by molar-refractivity contribution is 0.0979. The lowest BCUT2D eigenvalue weighted by Gasteiger charge is -2.23. The first-order chi connectivity index (χ1) is 22.8. The number of nitrogens with two attached hydrogens (primary N) is 2. The van der Waals surface area contributed by atoms with E-state index in [1.165, 1.54) is 24.6 Å². The summed E-state index contributed by atoms with van der Waals surface area (Å²) in [6, 6.07) is 25.9. The Balaban J connectivity index is 1.25. The van der Waals surface area contributed by atoms with E-state index in [2.05, 4.69) is 15.5 Å². The Hall–Kier alpha value is -6.81. The number of carbonyl (C=O) groups is 5. The molecule has 0 bridgehead atoms. The third-order valence-corrected chi connectivity index (χ3v) is 8.18. The van der Waals surface area contributed by atoms with Gasteiger partial charge in [-0.05, 0) is 24.3 Å². The Morgan fingerprint density at radius 1 is 0.532 bits per heavy atom. The quantitative estimate of drug-likeness (QED) is 0.137. The number of benzene rings is 5. The normalized spacial score (nSPS) is 13.4. The molecule has 10 heteroatoms. The molecule has 0 aliphatic heterocycles. The van der Waals surface area contributed by atoms with Gasteiger partial charge >= 0.3 is 0 Å². The Kier molecular flexibility index (Phi) is 6.94. The molecule has 0 unspecified atom stereocenters. The number of nitrogens with zero attached hydrogens (tertiary/aromatic N) is 2. The number of rotatable bonds is 5. The number of amides is 1. The minimum atomic E-state index is -0.490. The van der Waals surface area contributed by atoms with E-state index in [4.69, 9.17) is 11.5 Å². The second-order valence-electron chi connectivity index (χ2n) is 10.9. The van der Waals surface area contributed by atoms with Crippen LogP contribution in [0.4, 0.5) is 17.1 Å². The molecule has 5 aromatic rings. The second-order valence-corrected chi connectivity index (χ2v) is 10.9. The van der Waals surface area contributed by atoms with Crippen LogP contribution in [0.3, 0.4) is 0 Å². The minimum Gasteiger partial charge on any atom is -0.398 e. The van der Waals surface area contributed by atoms with Crippen molar-refractivity contribution in [1.82, 2.24) is 0 Å². The third kappa shape index (κ3) is 4.72. The van der Waals surface area contributed by atoms with Gasteiger partial charge in [-0.2, -0.15) is 10.2 Å². The fourth-order valence-corrected chi connectivity index (χ4v) is 5.86. The van der Waals surface area contributed by atoms with Gasteiger partial charge < -0.3 is 16.8 Å². The summed E-state index contributed by atoms with van der Waals surface area (Å²) in [5.74, 6) is -2.07. The molecular weight excluding hydrogens is 594 g/mol. The van der Waals surface area contributed by atoms with Crippen molar-refractivity contribution >= 4 is 58.5 Å². The number of ketones is 4. The molecule has 0 aromatic heterocycles. The van der Waals surface area contributed by atoms with Gasteiger partial charge in [0.2, 0.25) is 0 Å². The Morgan fingerprint density at radius 2 is 1.02 bits per heavy atom. The van der Waals surface area contributed by atoms with Crippen molar-refractivity contribution in [2.45, 2.75) is 0 Å². The van der Waals surface area contributed by atoms with Crippen LogP contribution < -0.4 is 16.8 Å². The largest absolute Gasteiger partial charge is 0.398 e. The van der Waals surface area contributed by atoms with Crippen LogP contribution in [0.25, 0.3) is 0 Å². The van der Waals surface area contributed by atoms with Crippen LogP contribution in [0, 0.1) is 0 Å². The van der Waals surface area contributed by atoms with Crippen molar-refractivity contribution in [3.05, 3.63) is 158 Å². The summed E-state index contributed by atoms with van der Waals surface area (Å²) in [4.78, 5) is 66.7. The van der Waals surface area contributed by atoms with Crippen LogP contribution >= 0.6 is 0 Å². The number of hydrogen-bond acceptors (Lipinski definition) is 9. The first-order valence-electron chi connectivity index (χ1n) is 14.4. The van der Waals surface area contributed by atoms with E-state index in [1.54, 1.807) is 84.9 Å². The Labute approximate surface area is 267 Å². The standard InChI is InChI=1S/C37H23N5O5/c38-31-20(14-15-26-28(31)34(44)23-11-5-4-10-22(23)33(26)43)17-40-41-18-21-16-27(42-37(47)19-8-2-1-3-9-19)29-30(32(21)39)36(46)25-13-7-6-12-24(25)35(29)45/h1-18H,38-39H2,(H,42,47). The van der Waals surface area contributed by atoms with Crippen molar-refractivity contribution in [3.8, 4) is 0 Å². The molecule has 47 heavy (non-hydrogen) atoms. The van der Waals surface area contributed by atoms with Crippen LogP contribution in [-0.4, -0.2) is 41.5 Å². The van der Waals surface area contributed by atoms with Gasteiger partial charge in [-0.25, -0.2) is 0 Å². The number of hydrogen-bond donors (Lipinski definition) is 3. The molecule has 0 spiro atoms.